The molecule has 0 unspecified atom stereocenters. The number of nitrogens with zero attached hydrogens (tertiary/aromatic N) is 1. The predicted octanol–water partition coefficient (Wildman–Crippen LogP) is 5.76. The smallest absolute Gasteiger partial charge is 0.408 e. The van der Waals surface area contributed by atoms with Crippen LogP contribution in [-0.2, 0) is 57.6 Å². The van der Waals surface area contributed by atoms with Crippen molar-refractivity contribution < 1.29 is 43.0 Å². The summed E-state index contributed by atoms with van der Waals surface area (Å²) in [5.41, 5.74) is 1.61. The van der Waals surface area contributed by atoms with Crippen LogP contribution in [0.3, 0.4) is 0 Å². The normalized spacial score (nSPS) is 13.1. The first-order valence-electron chi connectivity index (χ1n) is 17.6. The van der Waals surface area contributed by atoms with E-state index in [0.29, 0.717) is 22.9 Å². The fraction of sp³-hybridized carbons (Fsp3) is 0.350. The summed E-state index contributed by atoms with van der Waals surface area (Å²) >= 11 is 17.1. The molecule has 0 bridgehead atoms. The fourth-order valence-electron chi connectivity index (χ4n) is 5.59. The van der Waals surface area contributed by atoms with Crippen molar-refractivity contribution in [3.05, 3.63) is 108 Å². The van der Waals surface area contributed by atoms with Gasteiger partial charge in [0.1, 0.15) is 36.9 Å². The Hall–Kier alpha value is -5.11. The van der Waals surface area contributed by atoms with E-state index in [1.807, 2.05) is 12.1 Å². The van der Waals surface area contributed by atoms with Gasteiger partial charge in [-0.3, -0.25) is 23.7 Å². The molecule has 0 radical (unpaired) electrons. The van der Waals surface area contributed by atoms with Crippen LogP contribution in [0.1, 0.15) is 50.3 Å². The Morgan fingerprint density at radius 2 is 1.32 bits per heavy atom. The molecule has 0 aliphatic rings. The first-order valence-corrected chi connectivity index (χ1v) is 18.8. The number of carbonyl (C=O) groups excluding carboxylic acids is 6. The Morgan fingerprint density at radius 1 is 0.732 bits per heavy atom. The van der Waals surface area contributed by atoms with Crippen LogP contribution in [0.15, 0.2) is 91.1 Å². The average Bonchev–Trinajstić information content (AvgIpc) is 3.51. The van der Waals surface area contributed by atoms with E-state index in [4.69, 9.17) is 49.0 Å². The second kappa shape index (κ2) is 20.2. The van der Waals surface area contributed by atoms with E-state index in [-0.39, 0.29) is 25.9 Å². The number of halogens is 3. The minimum Gasteiger partial charge on any atom is -0.461 e. The second-order valence-corrected chi connectivity index (χ2v) is 16.3. The van der Waals surface area contributed by atoms with Crippen LogP contribution in [0, 0.1) is 0 Å². The lowest BCUT2D eigenvalue weighted by Crippen LogP contribution is -2.57. The first-order chi connectivity index (χ1) is 26.5. The summed E-state index contributed by atoms with van der Waals surface area (Å²) in [5.74, 6) is -3.17. The van der Waals surface area contributed by atoms with Gasteiger partial charge in [-0.15, -0.1) is 0 Å². The highest BCUT2D eigenvalue weighted by molar-refractivity contribution is 6.67. The maximum absolute atomic E-state index is 14.3. The highest BCUT2D eigenvalue weighted by atomic mass is 35.6. The van der Waals surface area contributed by atoms with Gasteiger partial charge in [-0.05, 0) is 49.9 Å². The number of benzene rings is 3. The Labute approximate surface area is 339 Å². The number of carbonyl (C=O) groups is 6. The lowest BCUT2D eigenvalue weighted by atomic mass is 10.0. The number of nitrogens with one attached hydrogen (secondary N) is 3. The van der Waals surface area contributed by atoms with Crippen LogP contribution >= 0.6 is 34.8 Å². The number of alkyl carbamates (subject to hydrolysis) is 1. The summed E-state index contributed by atoms with van der Waals surface area (Å²) in [4.78, 5) is 79.3. The largest absolute Gasteiger partial charge is 0.461 e. The van der Waals surface area contributed by atoms with Gasteiger partial charge < -0.3 is 30.2 Å². The number of alkyl halides is 3. The third kappa shape index (κ3) is 14.2. The van der Waals surface area contributed by atoms with Crippen LogP contribution < -0.4 is 16.0 Å². The van der Waals surface area contributed by atoms with Crippen LogP contribution in [0.25, 0.3) is 10.9 Å². The third-order valence-corrected chi connectivity index (χ3v) is 8.47. The maximum atomic E-state index is 14.3. The van der Waals surface area contributed by atoms with E-state index in [2.05, 4.69) is 16.0 Å². The summed E-state index contributed by atoms with van der Waals surface area (Å²) in [6.45, 7) is 4.28. The lowest BCUT2D eigenvalue weighted by molar-refractivity contribution is -0.149. The van der Waals surface area contributed by atoms with E-state index in [1.165, 1.54) is 10.8 Å². The van der Waals surface area contributed by atoms with Crippen molar-refractivity contribution in [2.45, 2.75) is 80.6 Å². The van der Waals surface area contributed by atoms with Gasteiger partial charge in [0.25, 0.3) is 0 Å². The van der Waals surface area contributed by atoms with E-state index in [0.717, 1.165) is 11.1 Å². The van der Waals surface area contributed by atoms with Crippen LogP contribution in [0.2, 0.25) is 0 Å². The molecule has 16 heteroatoms. The molecule has 3 aromatic carbocycles. The SMILES string of the molecule is CC(C)(C)OC(=O)N[C@@H](CCC(=O)OCC(Cl)(Cl)Cl)C(=O)N[C@H](Cc1cn(C=O)c2ccccc12)C(=O)N[C@@H](Cc1ccccc1)C(=O)OCc1ccccc1. The molecule has 0 aliphatic heterocycles. The highest BCUT2D eigenvalue weighted by Gasteiger charge is 2.33. The number of para-hydroxylation sites is 1. The predicted molar refractivity (Wildman–Crippen MR) is 212 cm³/mol. The molecule has 0 saturated carbocycles. The summed E-state index contributed by atoms with van der Waals surface area (Å²) in [7, 11) is 0. The summed E-state index contributed by atoms with van der Waals surface area (Å²) in [5, 5.41) is 8.54. The molecular weight excluding hydrogens is 787 g/mol. The van der Waals surface area contributed by atoms with Gasteiger partial charge in [0.05, 0.1) is 5.52 Å². The number of hydrogen-bond donors (Lipinski definition) is 3. The van der Waals surface area contributed by atoms with Crippen molar-refractivity contribution in [3.8, 4) is 0 Å². The minimum absolute atomic E-state index is 0.0473. The molecule has 4 aromatic rings. The molecule has 1 aromatic heterocycles. The summed E-state index contributed by atoms with van der Waals surface area (Å²) in [6, 6.07) is 21.0. The monoisotopic (exact) mass is 828 g/mol. The van der Waals surface area contributed by atoms with Crippen molar-refractivity contribution in [1.29, 1.82) is 0 Å². The topological polar surface area (TPSA) is 171 Å². The molecule has 3 amide bonds. The van der Waals surface area contributed by atoms with Crippen LogP contribution in [0.5, 0.6) is 0 Å². The third-order valence-electron chi connectivity index (χ3n) is 8.14. The quantitative estimate of drug-likeness (QED) is 0.0518. The van der Waals surface area contributed by atoms with Gasteiger partial charge in [0.2, 0.25) is 22.0 Å². The van der Waals surface area contributed by atoms with Gasteiger partial charge in [-0.2, -0.15) is 0 Å². The van der Waals surface area contributed by atoms with Gasteiger partial charge >= 0.3 is 18.0 Å². The zero-order chi connectivity index (χ0) is 40.9. The van der Waals surface area contributed by atoms with Gasteiger partial charge in [-0.25, -0.2) is 9.59 Å². The molecule has 0 spiro atoms. The molecule has 4 rings (SSSR count). The summed E-state index contributed by atoms with van der Waals surface area (Å²) in [6.07, 6.45) is 0.393. The number of esters is 2. The van der Waals surface area contributed by atoms with E-state index >= 15 is 0 Å². The molecule has 3 atom stereocenters. The van der Waals surface area contributed by atoms with Gasteiger partial charge in [0, 0.05) is 30.8 Å². The minimum atomic E-state index is -1.87. The summed E-state index contributed by atoms with van der Waals surface area (Å²) < 4.78 is 15.4. The number of amides is 3. The molecule has 0 fully saturated rings. The fourth-order valence-corrected chi connectivity index (χ4v) is 5.75. The lowest BCUT2D eigenvalue weighted by Gasteiger charge is -2.26. The molecule has 0 aliphatic carbocycles. The van der Waals surface area contributed by atoms with Crippen LogP contribution in [-0.4, -0.2) is 74.9 Å². The Bertz CT molecular complexity index is 1980. The molecule has 56 heavy (non-hydrogen) atoms. The molecule has 298 valence electrons. The van der Waals surface area contributed by atoms with Gasteiger partial charge in [-0.1, -0.05) is 114 Å². The van der Waals surface area contributed by atoms with Gasteiger partial charge in [0.15, 0.2) is 0 Å². The van der Waals surface area contributed by atoms with Crippen molar-refractivity contribution in [1.82, 2.24) is 20.5 Å². The average molecular weight is 830 g/mol. The second-order valence-electron chi connectivity index (χ2n) is 13.8. The van der Waals surface area contributed by atoms with Crippen molar-refractivity contribution in [2.75, 3.05) is 6.61 Å². The van der Waals surface area contributed by atoms with E-state index in [1.54, 1.807) is 93.6 Å². The zero-order valence-corrected chi connectivity index (χ0v) is 33.2. The van der Waals surface area contributed by atoms with Crippen molar-refractivity contribution >= 4 is 82.0 Å². The van der Waals surface area contributed by atoms with Crippen molar-refractivity contribution in [2.24, 2.45) is 0 Å². The number of hydrogen-bond acceptors (Lipinski definition) is 9. The number of rotatable bonds is 17. The molecular formula is C40H43Cl3N4O9. The number of ether oxygens (including phenoxy) is 3. The van der Waals surface area contributed by atoms with E-state index in [9.17, 15) is 28.8 Å². The number of aromatic nitrogens is 1. The van der Waals surface area contributed by atoms with Crippen LogP contribution in [0.4, 0.5) is 4.79 Å². The molecule has 0 saturated heterocycles. The highest BCUT2D eigenvalue weighted by Crippen LogP contribution is 2.26. The number of fused-ring (bicyclic) bond motifs is 1. The Balaban J connectivity index is 1.64. The Morgan fingerprint density at radius 3 is 1.95 bits per heavy atom. The van der Waals surface area contributed by atoms with E-state index < -0.39 is 70.4 Å². The molecule has 13 nitrogen and oxygen atoms in total. The molecule has 1 heterocycles. The first kappa shape index (κ1) is 43.6. The maximum Gasteiger partial charge on any atom is 0.408 e. The zero-order valence-electron chi connectivity index (χ0n) is 31.0. The molecule has 3 N–H and O–H groups in total. The van der Waals surface area contributed by atoms with Crippen molar-refractivity contribution in [3.63, 3.8) is 0 Å². The standard InChI is InChI=1S/C40H43Cl3N4O9/c1-39(2,3)56-38(53)46-30(18-19-34(49)55-24-40(41,42)43)35(50)44-31(21-28-22-47(25-48)33-17-11-10-16-29(28)33)36(51)45-32(20-26-12-6-4-7-13-26)37(52)54-23-27-14-8-5-9-15-27/h4-17,22,25,30-32H,18-21,23-24H2,1-3H3,(H,44,50)(H,45,51)(H,46,53)/t30-,31+,32-/m0/s1. The Kier molecular flexibility index (Phi) is 15.7.